The molecule has 88 valence electrons. The van der Waals surface area contributed by atoms with Crippen molar-refractivity contribution in [3.63, 3.8) is 0 Å². The number of benzene rings is 1. The minimum absolute atomic E-state index is 0.323. The molecule has 0 N–H and O–H groups in total. The summed E-state index contributed by atoms with van der Waals surface area (Å²) in [7, 11) is 3.11. The first-order valence-corrected chi connectivity index (χ1v) is 5.15. The molecule has 0 radical (unpaired) electrons. The predicted octanol–water partition coefficient (Wildman–Crippen LogP) is 2.67. The summed E-state index contributed by atoms with van der Waals surface area (Å²) in [6, 6.07) is 4.29. The van der Waals surface area contributed by atoms with Crippen LogP contribution in [-0.4, -0.2) is 31.0 Å². The van der Waals surface area contributed by atoms with Gasteiger partial charge in [-0.15, -0.1) is 0 Å². The third-order valence-corrected chi connectivity index (χ3v) is 2.55. The molecule has 0 spiro atoms. The number of amides is 1. The molecule has 1 aromatic rings. The van der Waals surface area contributed by atoms with E-state index in [1.165, 1.54) is 24.1 Å². The first kappa shape index (κ1) is 12.8. The van der Waals surface area contributed by atoms with Crippen LogP contribution in [0.2, 0.25) is 0 Å². The van der Waals surface area contributed by atoms with Gasteiger partial charge in [0.2, 0.25) is 0 Å². The van der Waals surface area contributed by atoms with E-state index >= 15 is 0 Å². The summed E-state index contributed by atoms with van der Waals surface area (Å²) >= 11 is 5.28. The molecule has 0 heterocycles. The lowest BCUT2D eigenvalue weighted by Gasteiger charge is -2.14. The molecule has 0 aliphatic rings. The van der Waals surface area contributed by atoms with Crippen molar-refractivity contribution in [1.82, 2.24) is 4.90 Å². The maximum atomic E-state index is 13.0. The Bertz CT molecular complexity index is 384. The molecule has 0 unspecified atom stereocenters. The molecule has 0 saturated carbocycles. The lowest BCUT2D eigenvalue weighted by molar-refractivity contribution is 0.232. The van der Waals surface area contributed by atoms with Gasteiger partial charge in [0.15, 0.2) is 0 Å². The van der Waals surface area contributed by atoms with E-state index in [9.17, 15) is 9.18 Å². The Balaban J connectivity index is 2.72. The van der Waals surface area contributed by atoms with Gasteiger partial charge in [0, 0.05) is 13.6 Å². The maximum absolute atomic E-state index is 13.0. The van der Waals surface area contributed by atoms with Crippen molar-refractivity contribution in [1.29, 1.82) is 0 Å². The molecule has 0 saturated heterocycles. The minimum atomic E-state index is -0.532. The van der Waals surface area contributed by atoms with Gasteiger partial charge < -0.3 is 9.64 Å². The lowest BCUT2D eigenvalue weighted by Crippen LogP contribution is -2.23. The van der Waals surface area contributed by atoms with E-state index in [1.54, 1.807) is 13.1 Å². The number of carbonyl (C=O) groups excluding carboxylic acids is 1. The number of hydrogen-bond acceptors (Lipinski definition) is 2. The van der Waals surface area contributed by atoms with Gasteiger partial charge >= 0.3 is 5.37 Å². The Hall–Kier alpha value is -1.29. The number of hydrogen-bond donors (Lipinski definition) is 0. The molecule has 0 fully saturated rings. The zero-order valence-corrected chi connectivity index (χ0v) is 9.92. The monoisotopic (exact) mass is 245 g/mol. The number of carbonyl (C=O) groups is 1. The summed E-state index contributed by atoms with van der Waals surface area (Å²) in [5.41, 5.74) is 0.715. The second kappa shape index (κ2) is 5.70. The molecule has 1 rings (SSSR count). The maximum Gasteiger partial charge on any atom is 0.316 e. The average molecular weight is 246 g/mol. The Morgan fingerprint density at radius 1 is 1.56 bits per heavy atom. The molecule has 5 heteroatoms. The fourth-order valence-corrected chi connectivity index (χ4v) is 1.40. The van der Waals surface area contributed by atoms with Crippen LogP contribution in [0.25, 0.3) is 0 Å². The molecule has 0 aromatic heterocycles. The molecule has 0 bridgehead atoms. The van der Waals surface area contributed by atoms with Crippen molar-refractivity contribution in [2.45, 2.75) is 6.42 Å². The van der Waals surface area contributed by atoms with Gasteiger partial charge in [-0.2, -0.15) is 0 Å². The summed E-state index contributed by atoms with van der Waals surface area (Å²) in [6.45, 7) is 0.419. The fraction of sp³-hybridized carbons (Fsp3) is 0.364. The summed E-state index contributed by atoms with van der Waals surface area (Å²) in [5, 5.41) is -0.532. The quantitative estimate of drug-likeness (QED) is 0.603. The predicted molar refractivity (Wildman–Crippen MR) is 60.5 cm³/mol. The topological polar surface area (TPSA) is 29.5 Å². The first-order chi connectivity index (χ1) is 7.54. The number of rotatable bonds is 4. The Labute approximate surface area is 98.8 Å². The van der Waals surface area contributed by atoms with Crippen molar-refractivity contribution in [3.05, 3.63) is 29.6 Å². The van der Waals surface area contributed by atoms with Crippen LogP contribution in [0, 0.1) is 5.82 Å². The second-order valence-corrected chi connectivity index (χ2v) is 3.70. The molecule has 0 aliphatic heterocycles. The Kier molecular flexibility index (Phi) is 4.55. The van der Waals surface area contributed by atoms with Crippen LogP contribution in [-0.2, 0) is 6.42 Å². The SMILES string of the molecule is COc1ccc(F)cc1CCN(C)C(=O)Cl. The third-order valence-electron chi connectivity index (χ3n) is 2.26. The van der Waals surface area contributed by atoms with Crippen LogP contribution >= 0.6 is 11.6 Å². The van der Waals surface area contributed by atoms with E-state index in [4.69, 9.17) is 16.3 Å². The van der Waals surface area contributed by atoms with Crippen LogP contribution in [0.4, 0.5) is 9.18 Å². The van der Waals surface area contributed by atoms with Crippen LogP contribution < -0.4 is 4.74 Å². The smallest absolute Gasteiger partial charge is 0.316 e. The Morgan fingerprint density at radius 2 is 2.25 bits per heavy atom. The molecular weight excluding hydrogens is 233 g/mol. The zero-order chi connectivity index (χ0) is 12.1. The van der Waals surface area contributed by atoms with Crippen LogP contribution in [0.15, 0.2) is 18.2 Å². The van der Waals surface area contributed by atoms with Gasteiger partial charge in [-0.25, -0.2) is 4.39 Å². The fourth-order valence-electron chi connectivity index (χ4n) is 1.32. The Morgan fingerprint density at radius 3 is 2.81 bits per heavy atom. The van der Waals surface area contributed by atoms with Gasteiger partial charge in [-0.1, -0.05) is 0 Å². The van der Waals surface area contributed by atoms with Gasteiger partial charge in [0.25, 0.3) is 0 Å². The number of ether oxygens (including phenoxy) is 1. The van der Waals surface area contributed by atoms with E-state index < -0.39 is 5.37 Å². The number of likely N-dealkylation sites (N-methyl/N-ethyl adjacent to an activating group) is 1. The second-order valence-electron chi connectivity index (χ2n) is 3.38. The summed E-state index contributed by atoms with van der Waals surface area (Å²) in [6.07, 6.45) is 0.496. The molecule has 3 nitrogen and oxygen atoms in total. The van der Waals surface area contributed by atoms with Gasteiger partial charge in [0.1, 0.15) is 11.6 Å². The standard InChI is InChI=1S/C11H13ClFNO2/c1-14(11(12)15)6-5-8-7-9(13)3-4-10(8)16-2/h3-4,7H,5-6H2,1-2H3. The van der Waals surface area contributed by atoms with Gasteiger partial charge in [-0.3, -0.25) is 4.79 Å². The van der Waals surface area contributed by atoms with E-state index in [0.29, 0.717) is 24.3 Å². The number of methoxy groups -OCH3 is 1. The minimum Gasteiger partial charge on any atom is -0.496 e. The van der Waals surface area contributed by atoms with Crippen molar-refractivity contribution < 1.29 is 13.9 Å². The summed E-state index contributed by atoms with van der Waals surface area (Å²) in [5.74, 6) is 0.285. The summed E-state index contributed by atoms with van der Waals surface area (Å²) in [4.78, 5) is 12.1. The van der Waals surface area contributed by atoms with E-state index in [-0.39, 0.29) is 5.82 Å². The summed E-state index contributed by atoms with van der Waals surface area (Å²) < 4.78 is 18.1. The number of nitrogens with zero attached hydrogens (tertiary/aromatic N) is 1. The van der Waals surface area contributed by atoms with E-state index in [2.05, 4.69) is 0 Å². The van der Waals surface area contributed by atoms with E-state index in [1.807, 2.05) is 0 Å². The van der Waals surface area contributed by atoms with E-state index in [0.717, 1.165) is 0 Å². The lowest BCUT2D eigenvalue weighted by atomic mass is 10.1. The number of halogens is 2. The largest absolute Gasteiger partial charge is 0.496 e. The highest BCUT2D eigenvalue weighted by molar-refractivity contribution is 6.62. The normalized spacial score (nSPS) is 10.0. The van der Waals surface area contributed by atoms with Crippen molar-refractivity contribution in [2.75, 3.05) is 20.7 Å². The molecule has 1 aromatic carbocycles. The molecule has 1 amide bonds. The highest BCUT2D eigenvalue weighted by atomic mass is 35.5. The third kappa shape index (κ3) is 3.38. The van der Waals surface area contributed by atoms with Crippen LogP contribution in [0.3, 0.4) is 0 Å². The van der Waals surface area contributed by atoms with Crippen LogP contribution in [0.5, 0.6) is 5.75 Å². The van der Waals surface area contributed by atoms with Crippen molar-refractivity contribution >= 4 is 17.0 Å². The average Bonchev–Trinajstić information content (AvgIpc) is 2.25. The molecule has 0 atom stereocenters. The van der Waals surface area contributed by atoms with Gasteiger partial charge in [0.05, 0.1) is 7.11 Å². The molecular formula is C11H13ClFNO2. The van der Waals surface area contributed by atoms with Gasteiger partial charge in [-0.05, 0) is 41.8 Å². The highest BCUT2D eigenvalue weighted by Crippen LogP contribution is 2.20. The van der Waals surface area contributed by atoms with Crippen molar-refractivity contribution in [3.8, 4) is 5.75 Å². The van der Waals surface area contributed by atoms with Crippen LogP contribution in [0.1, 0.15) is 5.56 Å². The first-order valence-electron chi connectivity index (χ1n) is 4.77. The molecule has 16 heavy (non-hydrogen) atoms. The van der Waals surface area contributed by atoms with Crippen molar-refractivity contribution in [2.24, 2.45) is 0 Å². The molecule has 0 aliphatic carbocycles. The zero-order valence-electron chi connectivity index (χ0n) is 9.17. The highest BCUT2D eigenvalue weighted by Gasteiger charge is 2.08.